The fourth-order valence-corrected chi connectivity index (χ4v) is 1.79. The second kappa shape index (κ2) is 6.28. The first-order valence-electron chi connectivity index (χ1n) is 5.42. The lowest BCUT2D eigenvalue weighted by atomic mass is 10.2. The van der Waals surface area contributed by atoms with E-state index in [4.69, 9.17) is 0 Å². The summed E-state index contributed by atoms with van der Waals surface area (Å²) in [4.78, 5) is 2.45. The summed E-state index contributed by atoms with van der Waals surface area (Å²) in [5.74, 6) is 0. The molecule has 0 amide bonds. The lowest BCUT2D eigenvalue weighted by molar-refractivity contribution is 0.211. The van der Waals surface area contributed by atoms with Gasteiger partial charge in [-0.05, 0) is 32.9 Å². The quantitative estimate of drug-likeness (QED) is 0.743. The Labute approximate surface area is 101 Å². The third kappa shape index (κ3) is 4.34. The Bertz CT molecular complexity index is 283. The number of aryl methyl sites for hydroxylation is 1. The molecule has 0 spiro atoms. The van der Waals surface area contributed by atoms with E-state index in [9.17, 15) is 0 Å². The van der Waals surface area contributed by atoms with E-state index >= 15 is 0 Å². The molecule has 1 heterocycles. The lowest BCUT2D eigenvalue weighted by Crippen LogP contribution is -2.31. The molecule has 3 nitrogen and oxygen atoms in total. The maximum atomic E-state index is 4.40. The van der Waals surface area contributed by atoms with Gasteiger partial charge in [0, 0.05) is 31.2 Å². The van der Waals surface area contributed by atoms with Gasteiger partial charge in [0.05, 0.1) is 5.69 Å². The van der Waals surface area contributed by atoms with Crippen LogP contribution in [-0.2, 0) is 13.6 Å². The number of rotatable bonds is 6. The van der Waals surface area contributed by atoms with Gasteiger partial charge < -0.3 is 0 Å². The van der Waals surface area contributed by atoms with Crippen LogP contribution in [0.1, 0.15) is 26.0 Å². The molecule has 0 saturated heterocycles. The van der Waals surface area contributed by atoms with Crippen LogP contribution in [-0.4, -0.2) is 32.6 Å². The van der Waals surface area contributed by atoms with E-state index in [2.05, 4.69) is 45.8 Å². The molecule has 0 saturated carbocycles. The molecule has 4 heteroatoms. The normalized spacial score (nSPS) is 11.6. The lowest BCUT2D eigenvalue weighted by Gasteiger charge is -2.25. The van der Waals surface area contributed by atoms with Gasteiger partial charge in [-0.1, -0.05) is 15.9 Å². The summed E-state index contributed by atoms with van der Waals surface area (Å²) < 4.78 is 1.86. The Hall–Kier alpha value is -0.350. The molecular formula is C11H20BrN3. The van der Waals surface area contributed by atoms with Gasteiger partial charge >= 0.3 is 0 Å². The van der Waals surface area contributed by atoms with Gasteiger partial charge in [-0.15, -0.1) is 0 Å². The molecule has 0 N–H and O–H groups in total. The molecule has 0 fully saturated rings. The first kappa shape index (κ1) is 12.7. The van der Waals surface area contributed by atoms with Crippen LogP contribution in [0.15, 0.2) is 12.3 Å². The highest BCUT2D eigenvalue weighted by Crippen LogP contribution is 2.07. The molecule has 1 aromatic rings. The zero-order valence-electron chi connectivity index (χ0n) is 9.78. The van der Waals surface area contributed by atoms with Crippen LogP contribution in [0.2, 0.25) is 0 Å². The van der Waals surface area contributed by atoms with Gasteiger partial charge in [0.1, 0.15) is 0 Å². The molecule has 0 aliphatic rings. The monoisotopic (exact) mass is 273 g/mol. The van der Waals surface area contributed by atoms with E-state index in [1.165, 1.54) is 6.42 Å². The van der Waals surface area contributed by atoms with E-state index in [0.717, 1.165) is 24.1 Å². The summed E-state index contributed by atoms with van der Waals surface area (Å²) in [5.41, 5.74) is 1.15. The molecule has 15 heavy (non-hydrogen) atoms. The minimum atomic E-state index is 0.575. The van der Waals surface area contributed by atoms with Crippen molar-refractivity contribution in [3.63, 3.8) is 0 Å². The Morgan fingerprint density at radius 3 is 2.73 bits per heavy atom. The van der Waals surface area contributed by atoms with E-state index in [-0.39, 0.29) is 0 Å². The van der Waals surface area contributed by atoms with Crippen molar-refractivity contribution in [2.24, 2.45) is 7.05 Å². The summed E-state index contributed by atoms with van der Waals surface area (Å²) in [6.07, 6.45) is 3.18. The van der Waals surface area contributed by atoms with E-state index in [1.54, 1.807) is 0 Å². The van der Waals surface area contributed by atoms with Crippen LogP contribution < -0.4 is 0 Å². The van der Waals surface area contributed by atoms with E-state index in [0.29, 0.717) is 6.04 Å². The maximum Gasteiger partial charge on any atom is 0.0764 e. The van der Waals surface area contributed by atoms with Gasteiger partial charge in [-0.2, -0.15) is 5.10 Å². The molecule has 86 valence electrons. The summed E-state index contributed by atoms with van der Waals surface area (Å²) >= 11 is 3.47. The summed E-state index contributed by atoms with van der Waals surface area (Å²) in [7, 11) is 1.96. The van der Waals surface area contributed by atoms with Gasteiger partial charge in [0.15, 0.2) is 0 Å². The third-order valence-electron chi connectivity index (χ3n) is 2.44. The molecule has 0 aliphatic carbocycles. The van der Waals surface area contributed by atoms with E-state index in [1.807, 2.05) is 17.9 Å². The Morgan fingerprint density at radius 1 is 1.53 bits per heavy atom. The average Bonchev–Trinajstić information content (AvgIpc) is 2.58. The van der Waals surface area contributed by atoms with Gasteiger partial charge in [0.2, 0.25) is 0 Å². The second-order valence-corrected chi connectivity index (χ2v) is 4.88. The van der Waals surface area contributed by atoms with Crippen molar-refractivity contribution < 1.29 is 0 Å². The topological polar surface area (TPSA) is 21.1 Å². The smallest absolute Gasteiger partial charge is 0.0764 e. The number of hydrogen-bond donors (Lipinski definition) is 0. The number of hydrogen-bond acceptors (Lipinski definition) is 2. The van der Waals surface area contributed by atoms with Crippen LogP contribution in [0.5, 0.6) is 0 Å². The third-order valence-corrected chi connectivity index (χ3v) is 3.00. The fraction of sp³-hybridized carbons (Fsp3) is 0.727. The average molecular weight is 274 g/mol. The molecule has 1 aromatic heterocycles. The molecule has 0 bridgehead atoms. The number of nitrogens with zero attached hydrogens (tertiary/aromatic N) is 3. The molecular weight excluding hydrogens is 254 g/mol. The minimum Gasteiger partial charge on any atom is -0.295 e. The standard InChI is InChI=1S/C11H20BrN3/c1-10(2)15(7-4-6-12)9-11-5-8-14(3)13-11/h5,8,10H,4,6-7,9H2,1-3H3. The summed E-state index contributed by atoms with van der Waals surface area (Å²) in [6.45, 7) is 6.54. The highest BCUT2D eigenvalue weighted by atomic mass is 79.9. The Balaban J connectivity index is 2.50. The first-order chi connectivity index (χ1) is 7.13. The number of alkyl halides is 1. The maximum absolute atomic E-state index is 4.40. The van der Waals surface area contributed by atoms with Crippen LogP contribution in [0.4, 0.5) is 0 Å². The highest BCUT2D eigenvalue weighted by molar-refractivity contribution is 9.09. The second-order valence-electron chi connectivity index (χ2n) is 4.09. The molecule has 0 unspecified atom stereocenters. The first-order valence-corrected chi connectivity index (χ1v) is 6.54. The molecule has 0 aromatic carbocycles. The molecule has 0 atom stereocenters. The zero-order chi connectivity index (χ0) is 11.3. The van der Waals surface area contributed by atoms with Crippen LogP contribution in [0.3, 0.4) is 0 Å². The van der Waals surface area contributed by atoms with Crippen molar-refractivity contribution in [1.82, 2.24) is 14.7 Å². The van der Waals surface area contributed by atoms with Gasteiger partial charge in [-0.25, -0.2) is 0 Å². The number of halogens is 1. The predicted octanol–water partition coefficient (Wildman–Crippen LogP) is 2.42. The fourth-order valence-electron chi connectivity index (χ4n) is 1.54. The van der Waals surface area contributed by atoms with Crippen LogP contribution >= 0.6 is 15.9 Å². The highest BCUT2D eigenvalue weighted by Gasteiger charge is 2.10. The predicted molar refractivity (Wildman–Crippen MR) is 67.2 cm³/mol. The van der Waals surface area contributed by atoms with Crippen molar-refractivity contribution in [2.45, 2.75) is 32.9 Å². The molecule has 0 aliphatic heterocycles. The molecule has 1 rings (SSSR count). The van der Waals surface area contributed by atoms with Crippen molar-refractivity contribution in [2.75, 3.05) is 11.9 Å². The molecule has 0 radical (unpaired) electrons. The van der Waals surface area contributed by atoms with Crippen LogP contribution in [0.25, 0.3) is 0 Å². The number of aromatic nitrogens is 2. The van der Waals surface area contributed by atoms with Crippen molar-refractivity contribution in [3.8, 4) is 0 Å². The Morgan fingerprint density at radius 2 is 2.27 bits per heavy atom. The summed E-state index contributed by atoms with van der Waals surface area (Å²) in [5, 5.41) is 5.47. The van der Waals surface area contributed by atoms with Crippen molar-refractivity contribution in [1.29, 1.82) is 0 Å². The SMILES string of the molecule is CC(C)N(CCCBr)Cc1ccn(C)n1. The Kier molecular flexibility index (Phi) is 5.32. The van der Waals surface area contributed by atoms with Crippen molar-refractivity contribution >= 4 is 15.9 Å². The van der Waals surface area contributed by atoms with E-state index < -0.39 is 0 Å². The minimum absolute atomic E-state index is 0.575. The largest absolute Gasteiger partial charge is 0.295 e. The van der Waals surface area contributed by atoms with Gasteiger partial charge in [-0.3, -0.25) is 9.58 Å². The van der Waals surface area contributed by atoms with Crippen molar-refractivity contribution in [3.05, 3.63) is 18.0 Å². The van der Waals surface area contributed by atoms with Crippen LogP contribution in [0, 0.1) is 0 Å². The summed E-state index contributed by atoms with van der Waals surface area (Å²) in [6, 6.07) is 2.66. The zero-order valence-corrected chi connectivity index (χ0v) is 11.4. The van der Waals surface area contributed by atoms with Gasteiger partial charge in [0.25, 0.3) is 0 Å².